The minimum Gasteiger partial charge on any atom is -0.479 e. The number of aliphatic carboxylic acids is 1. The van der Waals surface area contributed by atoms with Gasteiger partial charge < -0.3 is 15.7 Å². The molecule has 21 heavy (non-hydrogen) atoms. The molecule has 5 nitrogen and oxygen atoms in total. The summed E-state index contributed by atoms with van der Waals surface area (Å²) in [6.45, 7) is 2.11. The molecule has 0 aromatic carbocycles. The van der Waals surface area contributed by atoms with E-state index in [2.05, 4.69) is 17.6 Å². The summed E-state index contributed by atoms with van der Waals surface area (Å²) < 4.78 is 0. The predicted molar refractivity (Wildman–Crippen MR) is 85.9 cm³/mol. The molecule has 3 unspecified atom stereocenters. The predicted octanol–water partition coefficient (Wildman–Crippen LogP) is 2.85. The number of carboxylic acid groups (broad SMARTS) is 1. The van der Waals surface area contributed by atoms with Crippen LogP contribution < -0.4 is 10.6 Å². The molecule has 1 aromatic rings. The molecule has 1 aliphatic carbocycles. The maximum Gasteiger partial charge on any atom is 0.331 e. The van der Waals surface area contributed by atoms with E-state index in [9.17, 15) is 14.7 Å². The van der Waals surface area contributed by atoms with Crippen LogP contribution >= 0.6 is 23.1 Å². The van der Waals surface area contributed by atoms with E-state index in [1.165, 1.54) is 11.3 Å². The van der Waals surface area contributed by atoms with Crippen molar-refractivity contribution in [3.8, 4) is 0 Å². The van der Waals surface area contributed by atoms with Gasteiger partial charge in [-0.15, -0.1) is 11.3 Å². The van der Waals surface area contributed by atoms with Gasteiger partial charge in [-0.1, -0.05) is 19.4 Å². The van der Waals surface area contributed by atoms with E-state index in [1.807, 2.05) is 11.8 Å². The van der Waals surface area contributed by atoms with Crippen LogP contribution in [0.25, 0.3) is 0 Å². The molecule has 116 valence electrons. The number of nitrogens with one attached hydrogen (secondary N) is 2. The molecule has 2 amide bonds. The topological polar surface area (TPSA) is 78.4 Å². The molecule has 1 aromatic heterocycles. The number of carbonyl (C=O) groups is 2. The summed E-state index contributed by atoms with van der Waals surface area (Å²) in [5.41, 5.74) is 0. The van der Waals surface area contributed by atoms with Gasteiger partial charge in [-0.25, -0.2) is 9.59 Å². The molecule has 1 saturated carbocycles. The molecule has 7 heteroatoms. The fourth-order valence-corrected chi connectivity index (χ4v) is 4.52. The Kier molecular flexibility index (Phi) is 5.93. The van der Waals surface area contributed by atoms with Gasteiger partial charge in [0.1, 0.15) is 0 Å². The van der Waals surface area contributed by atoms with Crippen LogP contribution in [0, 0.1) is 0 Å². The second kappa shape index (κ2) is 7.70. The van der Waals surface area contributed by atoms with E-state index < -0.39 is 18.0 Å². The molecule has 1 fully saturated rings. The quantitative estimate of drug-likeness (QED) is 0.750. The maximum atomic E-state index is 12.1. The zero-order valence-electron chi connectivity index (χ0n) is 11.9. The average Bonchev–Trinajstić information content (AvgIpc) is 3.08. The second-order valence-electron chi connectivity index (χ2n) is 4.94. The van der Waals surface area contributed by atoms with Gasteiger partial charge in [0.2, 0.25) is 0 Å². The molecular formula is C14H20N2O3S2. The molecule has 1 aliphatic rings. The third kappa shape index (κ3) is 4.38. The van der Waals surface area contributed by atoms with Crippen molar-refractivity contribution in [1.29, 1.82) is 0 Å². The number of rotatable bonds is 6. The largest absolute Gasteiger partial charge is 0.479 e. The lowest BCUT2D eigenvalue weighted by Crippen LogP contribution is -2.47. The molecule has 0 radical (unpaired) electrons. The Balaban J connectivity index is 1.92. The number of urea groups is 1. The Bertz CT molecular complexity index is 479. The van der Waals surface area contributed by atoms with E-state index >= 15 is 0 Å². The van der Waals surface area contributed by atoms with Crippen LogP contribution in [0.5, 0.6) is 0 Å². The Labute approximate surface area is 132 Å². The molecule has 2 rings (SSSR count). The summed E-state index contributed by atoms with van der Waals surface area (Å²) in [5, 5.41) is 17.0. The lowest BCUT2D eigenvalue weighted by atomic mass is 10.2. The number of amides is 2. The summed E-state index contributed by atoms with van der Waals surface area (Å²) in [6, 6.07) is 2.25. The van der Waals surface area contributed by atoms with Crippen molar-refractivity contribution < 1.29 is 14.7 Å². The minimum atomic E-state index is -1.04. The highest BCUT2D eigenvalue weighted by Gasteiger charge is 2.30. The third-order valence-electron chi connectivity index (χ3n) is 3.50. The first kappa shape index (κ1) is 16.2. The van der Waals surface area contributed by atoms with Crippen LogP contribution in [0.3, 0.4) is 0 Å². The zero-order valence-corrected chi connectivity index (χ0v) is 13.5. The SMILES string of the molecule is CCSC1CCCC1NC(=O)NC(C(=O)O)c1cccs1. The Morgan fingerprint density at radius 1 is 1.52 bits per heavy atom. The van der Waals surface area contributed by atoms with Crippen LogP contribution in [0.2, 0.25) is 0 Å². The second-order valence-corrected chi connectivity index (χ2v) is 7.43. The van der Waals surface area contributed by atoms with E-state index in [0.717, 1.165) is 25.0 Å². The monoisotopic (exact) mass is 328 g/mol. The van der Waals surface area contributed by atoms with Gasteiger partial charge in [0.15, 0.2) is 6.04 Å². The molecule has 1 heterocycles. The first-order chi connectivity index (χ1) is 10.1. The van der Waals surface area contributed by atoms with Crippen molar-refractivity contribution in [2.75, 3.05) is 5.75 Å². The van der Waals surface area contributed by atoms with Gasteiger partial charge in [-0.3, -0.25) is 0 Å². The van der Waals surface area contributed by atoms with Gasteiger partial charge in [-0.05, 0) is 30.0 Å². The van der Waals surface area contributed by atoms with Gasteiger partial charge in [0, 0.05) is 16.2 Å². The van der Waals surface area contributed by atoms with Crippen LogP contribution in [0.15, 0.2) is 17.5 Å². The number of hydrogen-bond donors (Lipinski definition) is 3. The standard InChI is InChI=1S/C14H20N2O3S2/c1-2-20-10-6-3-5-9(10)15-14(19)16-12(13(17)18)11-7-4-8-21-11/h4,7-10,12H,2-3,5-6H2,1H3,(H,17,18)(H2,15,16,19). The van der Waals surface area contributed by atoms with Crippen LogP contribution in [-0.2, 0) is 4.79 Å². The van der Waals surface area contributed by atoms with Crippen molar-refractivity contribution in [3.63, 3.8) is 0 Å². The first-order valence-corrected chi connectivity index (χ1v) is 8.99. The van der Waals surface area contributed by atoms with E-state index in [-0.39, 0.29) is 6.04 Å². The number of carboxylic acids is 1. The lowest BCUT2D eigenvalue weighted by molar-refractivity contribution is -0.139. The Morgan fingerprint density at radius 2 is 2.33 bits per heavy atom. The van der Waals surface area contributed by atoms with Gasteiger partial charge in [0.05, 0.1) is 0 Å². The van der Waals surface area contributed by atoms with Gasteiger partial charge >= 0.3 is 12.0 Å². The smallest absolute Gasteiger partial charge is 0.331 e. The Hall–Kier alpha value is -1.21. The maximum absolute atomic E-state index is 12.1. The van der Waals surface area contributed by atoms with Crippen molar-refractivity contribution in [1.82, 2.24) is 10.6 Å². The molecule has 3 atom stereocenters. The first-order valence-electron chi connectivity index (χ1n) is 7.06. The Morgan fingerprint density at radius 3 is 2.95 bits per heavy atom. The van der Waals surface area contributed by atoms with Crippen molar-refractivity contribution in [2.45, 2.75) is 43.5 Å². The number of thiophene rings is 1. The van der Waals surface area contributed by atoms with Crippen molar-refractivity contribution >= 4 is 35.1 Å². The highest BCUT2D eigenvalue weighted by molar-refractivity contribution is 7.99. The molecule has 3 N–H and O–H groups in total. The molecule has 0 spiro atoms. The van der Waals surface area contributed by atoms with Crippen molar-refractivity contribution in [3.05, 3.63) is 22.4 Å². The number of hydrogen-bond acceptors (Lipinski definition) is 4. The van der Waals surface area contributed by atoms with Crippen LogP contribution in [0.1, 0.15) is 37.1 Å². The van der Waals surface area contributed by atoms with E-state index in [4.69, 9.17) is 0 Å². The van der Waals surface area contributed by atoms with Crippen molar-refractivity contribution in [2.24, 2.45) is 0 Å². The highest BCUT2D eigenvalue weighted by atomic mass is 32.2. The molecular weight excluding hydrogens is 308 g/mol. The lowest BCUT2D eigenvalue weighted by Gasteiger charge is -2.21. The number of carbonyl (C=O) groups excluding carboxylic acids is 1. The summed E-state index contributed by atoms with van der Waals surface area (Å²) >= 11 is 3.18. The fourth-order valence-electron chi connectivity index (χ4n) is 2.56. The number of thioether (sulfide) groups is 1. The summed E-state index contributed by atoms with van der Waals surface area (Å²) in [4.78, 5) is 24.0. The van der Waals surface area contributed by atoms with E-state index in [1.54, 1.807) is 17.5 Å². The molecule has 0 saturated heterocycles. The molecule has 0 bridgehead atoms. The normalized spacial score (nSPS) is 22.7. The summed E-state index contributed by atoms with van der Waals surface area (Å²) in [7, 11) is 0. The molecule has 0 aliphatic heterocycles. The van der Waals surface area contributed by atoms with Gasteiger partial charge in [0.25, 0.3) is 0 Å². The van der Waals surface area contributed by atoms with Crippen LogP contribution in [-0.4, -0.2) is 34.2 Å². The fraction of sp³-hybridized carbons (Fsp3) is 0.571. The highest BCUT2D eigenvalue weighted by Crippen LogP contribution is 2.30. The van der Waals surface area contributed by atoms with Crippen LogP contribution in [0.4, 0.5) is 4.79 Å². The third-order valence-corrected chi connectivity index (χ3v) is 5.76. The average molecular weight is 328 g/mol. The van der Waals surface area contributed by atoms with Gasteiger partial charge in [-0.2, -0.15) is 11.8 Å². The van der Waals surface area contributed by atoms with E-state index in [0.29, 0.717) is 10.1 Å². The summed E-state index contributed by atoms with van der Waals surface area (Å²) in [6.07, 6.45) is 3.18. The zero-order chi connectivity index (χ0) is 15.2. The summed E-state index contributed by atoms with van der Waals surface area (Å²) in [5.74, 6) is -0.0178. The minimum absolute atomic E-state index is 0.132.